The van der Waals surface area contributed by atoms with Crippen LogP contribution in [0.2, 0.25) is 0 Å². The van der Waals surface area contributed by atoms with E-state index < -0.39 is 0 Å². The van der Waals surface area contributed by atoms with Crippen LogP contribution in [0.4, 0.5) is 0 Å². The second-order valence-electron chi connectivity index (χ2n) is 12.5. The first-order valence-electron chi connectivity index (χ1n) is 17.9. The molecule has 6 heteroatoms. The van der Waals surface area contributed by atoms with Gasteiger partial charge in [0.15, 0.2) is 0 Å². The van der Waals surface area contributed by atoms with Gasteiger partial charge in [0.1, 0.15) is 0 Å². The Bertz CT molecular complexity index is 581. The summed E-state index contributed by atoms with van der Waals surface area (Å²) in [4.78, 5) is 25.5. The van der Waals surface area contributed by atoms with Gasteiger partial charge >= 0.3 is 0 Å². The molecule has 3 heterocycles. The lowest BCUT2D eigenvalue weighted by molar-refractivity contribution is -0.411. The maximum absolute atomic E-state index is 12.7. The maximum Gasteiger partial charge on any atom is 0.254 e. The number of hydrogen-bond donors (Lipinski definition) is 0. The molecule has 3 rings (SSSR count). The van der Waals surface area contributed by atoms with Crippen molar-refractivity contribution < 1.29 is 9.59 Å². The van der Waals surface area contributed by atoms with Crippen molar-refractivity contribution in [2.24, 2.45) is 0 Å². The van der Waals surface area contributed by atoms with Crippen LogP contribution in [0.1, 0.15) is 194 Å². The van der Waals surface area contributed by atoms with E-state index in [1.54, 1.807) is 10.2 Å². The molecule has 3 aliphatic rings. The number of carbonyl (C=O) groups is 2. The normalized spacial score (nSPS) is 17.9. The molecule has 40 heavy (non-hydrogen) atoms. The molecule has 0 unspecified atom stereocenters. The molecule has 0 aromatic rings. The zero-order chi connectivity index (χ0) is 28.7. The third-order valence-electron chi connectivity index (χ3n) is 8.81. The molecule has 0 aliphatic carbocycles. The summed E-state index contributed by atoms with van der Waals surface area (Å²) in [5, 5.41) is 7.13. The number of amides is 2. The second kappa shape index (κ2) is 23.4. The van der Waals surface area contributed by atoms with E-state index in [1.807, 2.05) is 10.2 Å². The van der Waals surface area contributed by atoms with E-state index in [-0.39, 0.29) is 11.8 Å². The van der Waals surface area contributed by atoms with Gasteiger partial charge in [-0.25, -0.2) is 0 Å². The summed E-state index contributed by atoms with van der Waals surface area (Å²) >= 11 is 0. The van der Waals surface area contributed by atoms with Crippen LogP contribution in [0.15, 0.2) is 0 Å². The molecular weight excluding hydrogens is 496 g/mol. The molecule has 0 spiro atoms. The summed E-state index contributed by atoms with van der Waals surface area (Å²) in [6.07, 6.45) is 35.4. The Hall–Kier alpha value is -1.14. The van der Waals surface area contributed by atoms with Crippen LogP contribution >= 0.6 is 0 Å². The summed E-state index contributed by atoms with van der Waals surface area (Å²) in [5.41, 5.74) is 0. The largest absolute Gasteiger partial charge is 0.272 e. The number of hydrogen-bond acceptors (Lipinski definition) is 4. The molecular formula is C34H66N4O2. The molecule has 234 valence electrons. The van der Waals surface area contributed by atoms with Crippen molar-refractivity contribution in [3.05, 3.63) is 0 Å². The van der Waals surface area contributed by atoms with Gasteiger partial charge in [0, 0.05) is 12.8 Å². The summed E-state index contributed by atoms with van der Waals surface area (Å²) in [5.74, 6) is 0.288. The molecule has 0 atom stereocenters. The van der Waals surface area contributed by atoms with Crippen molar-refractivity contribution in [3.8, 4) is 0 Å². The van der Waals surface area contributed by atoms with Gasteiger partial charge in [-0.2, -0.15) is 10.2 Å². The summed E-state index contributed by atoms with van der Waals surface area (Å²) < 4.78 is 0. The highest BCUT2D eigenvalue weighted by atomic mass is 16.4. The third-order valence-corrected chi connectivity index (χ3v) is 8.81. The molecule has 6 nitrogen and oxygen atoms in total. The van der Waals surface area contributed by atoms with Gasteiger partial charge in [0.05, 0.1) is 13.1 Å². The lowest BCUT2D eigenvalue weighted by Gasteiger charge is -2.51. The highest BCUT2D eigenvalue weighted by Gasteiger charge is 2.54. The number of unbranched alkanes of at least 4 members (excludes halogenated alkanes) is 24. The Morgan fingerprint density at radius 2 is 0.600 bits per heavy atom. The van der Waals surface area contributed by atoms with Crippen LogP contribution in [-0.4, -0.2) is 45.4 Å². The fraction of sp³-hybridized carbons (Fsp3) is 0.941. The second-order valence-corrected chi connectivity index (χ2v) is 12.5. The Morgan fingerprint density at radius 3 is 0.850 bits per heavy atom. The minimum atomic E-state index is 0.144. The predicted octanol–water partition coefficient (Wildman–Crippen LogP) is 9.90. The van der Waals surface area contributed by atoms with Crippen LogP contribution in [0.25, 0.3) is 0 Å². The molecule has 0 radical (unpaired) electrons. The third kappa shape index (κ3) is 14.2. The van der Waals surface area contributed by atoms with E-state index >= 15 is 0 Å². The molecule has 0 saturated carbocycles. The molecule has 3 fully saturated rings. The molecule has 0 aromatic carbocycles. The smallest absolute Gasteiger partial charge is 0.254 e. The van der Waals surface area contributed by atoms with Crippen LogP contribution in [0.5, 0.6) is 0 Å². The average molecular weight is 563 g/mol. The summed E-state index contributed by atoms with van der Waals surface area (Å²) in [6.45, 7) is 6.04. The highest BCUT2D eigenvalue weighted by Crippen LogP contribution is 2.32. The van der Waals surface area contributed by atoms with Gasteiger partial charge in [-0.1, -0.05) is 178 Å². The SMILES string of the molecule is CCCCCCCCCCCCCCCC(=O)N1N2CCN1N2C(=O)CCCCCCCCCCCCCCC. The molecule has 0 N–H and O–H groups in total. The average Bonchev–Trinajstić information content (AvgIpc) is 3.58. The number of rotatable bonds is 28. The number of carbonyl (C=O) groups excluding carboxylic acids is 2. The van der Waals surface area contributed by atoms with Gasteiger partial charge in [-0.15, -0.1) is 0 Å². The first-order chi connectivity index (χ1) is 19.7. The Morgan fingerprint density at radius 1 is 0.375 bits per heavy atom. The van der Waals surface area contributed by atoms with Crippen LogP contribution in [0, 0.1) is 0 Å². The minimum absolute atomic E-state index is 0.144. The first-order valence-corrected chi connectivity index (χ1v) is 17.9. The van der Waals surface area contributed by atoms with Crippen molar-refractivity contribution in [1.82, 2.24) is 20.5 Å². The lowest BCUT2D eigenvalue weighted by Crippen LogP contribution is -2.73. The predicted molar refractivity (Wildman–Crippen MR) is 168 cm³/mol. The highest BCUT2D eigenvalue weighted by molar-refractivity contribution is 5.80. The Balaban J connectivity index is 1.39. The number of fused-ring (bicyclic) bond motifs is 1. The van der Waals surface area contributed by atoms with E-state index in [1.165, 1.54) is 141 Å². The number of hydrazine groups is 4. The van der Waals surface area contributed by atoms with Crippen molar-refractivity contribution in [1.29, 1.82) is 0 Å². The van der Waals surface area contributed by atoms with Crippen LogP contribution < -0.4 is 0 Å². The zero-order valence-corrected chi connectivity index (χ0v) is 26.8. The van der Waals surface area contributed by atoms with Crippen molar-refractivity contribution in [3.63, 3.8) is 0 Å². The van der Waals surface area contributed by atoms with E-state index in [0.717, 1.165) is 38.8 Å². The van der Waals surface area contributed by atoms with Gasteiger partial charge in [0.25, 0.3) is 11.8 Å². The zero-order valence-electron chi connectivity index (χ0n) is 26.8. The number of nitrogens with zero attached hydrogens (tertiary/aromatic N) is 4. The van der Waals surface area contributed by atoms with Gasteiger partial charge in [-0.3, -0.25) is 9.59 Å². The molecule has 3 aliphatic heterocycles. The van der Waals surface area contributed by atoms with Crippen molar-refractivity contribution in [2.75, 3.05) is 13.1 Å². The standard InChI is InChI=1S/C34H66N4O2/c1-3-5-7-9-11-13-15-17-19-21-23-25-27-29-33(39)37-35-31-32-36(37)38(35)34(40)30-28-26-24-22-20-18-16-14-12-10-8-6-4-2/h3-32H2,1-2H3. The quantitative estimate of drug-likeness (QED) is 0.0890. The monoisotopic (exact) mass is 563 g/mol. The van der Waals surface area contributed by atoms with E-state index in [0.29, 0.717) is 12.8 Å². The van der Waals surface area contributed by atoms with Gasteiger partial charge < -0.3 is 0 Å². The van der Waals surface area contributed by atoms with Gasteiger partial charge in [-0.05, 0) is 12.8 Å². The Labute approximate surface area is 248 Å². The fourth-order valence-corrected chi connectivity index (χ4v) is 6.23. The van der Waals surface area contributed by atoms with E-state index in [4.69, 9.17) is 0 Å². The van der Waals surface area contributed by atoms with Gasteiger partial charge in [0.2, 0.25) is 0 Å². The lowest BCUT2D eigenvalue weighted by atomic mass is 10.0. The topological polar surface area (TPSA) is 47.1 Å². The fourth-order valence-electron chi connectivity index (χ4n) is 6.23. The summed E-state index contributed by atoms with van der Waals surface area (Å²) in [6, 6.07) is 0. The van der Waals surface area contributed by atoms with Crippen LogP contribution in [0.3, 0.4) is 0 Å². The Kier molecular flexibility index (Phi) is 20.5. The molecule has 2 bridgehead atoms. The van der Waals surface area contributed by atoms with Crippen LogP contribution in [-0.2, 0) is 9.59 Å². The van der Waals surface area contributed by atoms with Crippen molar-refractivity contribution in [2.45, 2.75) is 194 Å². The minimum Gasteiger partial charge on any atom is -0.272 e. The van der Waals surface area contributed by atoms with Crippen molar-refractivity contribution >= 4 is 11.8 Å². The molecule has 0 aromatic heterocycles. The first kappa shape index (κ1) is 35.1. The van der Waals surface area contributed by atoms with E-state index in [9.17, 15) is 9.59 Å². The molecule has 3 saturated heterocycles. The van der Waals surface area contributed by atoms with E-state index in [2.05, 4.69) is 13.8 Å². The summed E-state index contributed by atoms with van der Waals surface area (Å²) in [7, 11) is 0. The maximum atomic E-state index is 12.7. The molecule has 2 amide bonds.